The number of ether oxygens (including phenoxy) is 1. The van der Waals surface area contributed by atoms with E-state index in [1.807, 2.05) is 0 Å². The summed E-state index contributed by atoms with van der Waals surface area (Å²) in [5.74, 6) is -0.00107. The molecule has 1 saturated heterocycles. The van der Waals surface area contributed by atoms with E-state index in [9.17, 15) is 9.59 Å². The first kappa shape index (κ1) is 14.3. The number of hydrogen-bond acceptors (Lipinski definition) is 4. The first-order valence-electron chi connectivity index (χ1n) is 6.70. The van der Waals surface area contributed by atoms with Gasteiger partial charge in [0.05, 0.1) is 6.04 Å². The zero-order valence-electron chi connectivity index (χ0n) is 11.2. The smallest absolute Gasteiger partial charge is 0.255 e. The highest BCUT2D eigenvalue weighted by Gasteiger charge is 2.20. The van der Waals surface area contributed by atoms with Gasteiger partial charge in [-0.3, -0.25) is 9.59 Å². The predicted octanol–water partition coefficient (Wildman–Crippen LogP) is 0.631. The van der Waals surface area contributed by atoms with Crippen LogP contribution in [-0.4, -0.2) is 31.0 Å². The van der Waals surface area contributed by atoms with E-state index in [1.165, 1.54) is 0 Å². The van der Waals surface area contributed by atoms with Crippen LogP contribution >= 0.6 is 0 Å². The molecule has 1 aromatic carbocycles. The molecule has 0 unspecified atom stereocenters. The van der Waals surface area contributed by atoms with Crippen molar-refractivity contribution in [1.29, 1.82) is 0 Å². The van der Waals surface area contributed by atoms with Crippen molar-refractivity contribution in [2.24, 2.45) is 5.73 Å². The Kier molecular flexibility index (Phi) is 4.95. The van der Waals surface area contributed by atoms with Crippen LogP contribution in [0.2, 0.25) is 0 Å². The molecule has 0 aromatic heterocycles. The van der Waals surface area contributed by atoms with Gasteiger partial charge in [0.1, 0.15) is 5.75 Å². The summed E-state index contributed by atoms with van der Waals surface area (Å²) in [5, 5.41) is 6.05. The van der Waals surface area contributed by atoms with Gasteiger partial charge in [0.2, 0.25) is 5.91 Å². The molecule has 0 bridgehead atoms. The maximum atomic E-state index is 12.0. The van der Waals surface area contributed by atoms with Crippen LogP contribution in [-0.2, 0) is 9.59 Å². The molecule has 20 heavy (non-hydrogen) atoms. The molecule has 6 heteroatoms. The van der Waals surface area contributed by atoms with Gasteiger partial charge in [-0.2, -0.15) is 0 Å². The average molecular weight is 277 g/mol. The number of carbonyl (C=O) groups excluding carboxylic acids is 2. The lowest BCUT2D eigenvalue weighted by atomic mass is 10.0. The Bertz CT molecular complexity index is 467. The fraction of sp³-hybridized carbons (Fsp3) is 0.429. The zero-order chi connectivity index (χ0) is 14.4. The van der Waals surface area contributed by atoms with Crippen LogP contribution < -0.4 is 21.1 Å². The maximum absolute atomic E-state index is 12.0. The van der Waals surface area contributed by atoms with E-state index >= 15 is 0 Å². The number of rotatable bonds is 5. The van der Waals surface area contributed by atoms with Gasteiger partial charge in [-0.1, -0.05) is 6.42 Å². The second-order valence-electron chi connectivity index (χ2n) is 4.77. The number of amides is 2. The predicted molar refractivity (Wildman–Crippen MR) is 75.4 cm³/mol. The van der Waals surface area contributed by atoms with Crippen LogP contribution in [0.3, 0.4) is 0 Å². The molecule has 6 nitrogen and oxygen atoms in total. The number of benzene rings is 1. The summed E-state index contributed by atoms with van der Waals surface area (Å²) in [7, 11) is 0. The number of carbonyl (C=O) groups is 2. The second-order valence-corrected chi connectivity index (χ2v) is 4.77. The third-order valence-electron chi connectivity index (χ3n) is 3.13. The lowest BCUT2D eigenvalue weighted by Crippen LogP contribution is -2.43. The zero-order valence-corrected chi connectivity index (χ0v) is 11.2. The van der Waals surface area contributed by atoms with E-state index in [1.54, 1.807) is 24.3 Å². The Morgan fingerprint density at radius 3 is 2.65 bits per heavy atom. The van der Waals surface area contributed by atoms with E-state index in [0.29, 0.717) is 11.4 Å². The van der Waals surface area contributed by atoms with Crippen molar-refractivity contribution in [3.63, 3.8) is 0 Å². The molecule has 0 aliphatic carbocycles. The van der Waals surface area contributed by atoms with Gasteiger partial charge in [0, 0.05) is 5.69 Å². The Balaban J connectivity index is 1.86. The molecule has 1 aromatic rings. The van der Waals surface area contributed by atoms with Gasteiger partial charge in [0.15, 0.2) is 6.61 Å². The Morgan fingerprint density at radius 1 is 1.30 bits per heavy atom. The van der Waals surface area contributed by atoms with Crippen LogP contribution in [0.1, 0.15) is 19.3 Å². The second kappa shape index (κ2) is 6.91. The number of nitrogens with one attached hydrogen (secondary N) is 2. The number of primary amides is 1. The van der Waals surface area contributed by atoms with Crippen LogP contribution in [0.5, 0.6) is 5.75 Å². The normalized spacial score (nSPS) is 18.3. The van der Waals surface area contributed by atoms with Gasteiger partial charge in [-0.25, -0.2) is 0 Å². The van der Waals surface area contributed by atoms with Crippen molar-refractivity contribution in [2.45, 2.75) is 25.3 Å². The Labute approximate surface area is 117 Å². The highest BCUT2D eigenvalue weighted by Crippen LogP contribution is 2.16. The lowest BCUT2D eigenvalue weighted by molar-refractivity contribution is -0.120. The molecule has 0 saturated carbocycles. The molecular weight excluding hydrogens is 258 g/mol. The van der Waals surface area contributed by atoms with E-state index < -0.39 is 5.91 Å². The molecule has 1 atom stereocenters. The summed E-state index contributed by atoms with van der Waals surface area (Å²) in [6, 6.07) is 6.72. The quantitative estimate of drug-likeness (QED) is 0.736. The first-order valence-corrected chi connectivity index (χ1v) is 6.70. The number of piperidine rings is 1. The monoisotopic (exact) mass is 277 g/mol. The number of nitrogens with two attached hydrogens (primary N) is 1. The van der Waals surface area contributed by atoms with Crippen molar-refractivity contribution in [3.05, 3.63) is 24.3 Å². The highest BCUT2D eigenvalue weighted by molar-refractivity contribution is 5.94. The van der Waals surface area contributed by atoms with Gasteiger partial charge in [-0.15, -0.1) is 0 Å². The third-order valence-corrected chi connectivity index (χ3v) is 3.13. The van der Waals surface area contributed by atoms with Gasteiger partial charge < -0.3 is 21.1 Å². The fourth-order valence-electron chi connectivity index (χ4n) is 2.09. The fourth-order valence-corrected chi connectivity index (χ4v) is 2.09. The summed E-state index contributed by atoms with van der Waals surface area (Å²) in [6.45, 7) is 0.732. The Morgan fingerprint density at radius 2 is 2.05 bits per heavy atom. The molecule has 1 fully saturated rings. The van der Waals surface area contributed by atoms with Crippen molar-refractivity contribution in [1.82, 2.24) is 5.32 Å². The number of anilines is 1. The number of hydrogen-bond donors (Lipinski definition) is 3. The van der Waals surface area contributed by atoms with Crippen molar-refractivity contribution in [2.75, 3.05) is 18.5 Å². The van der Waals surface area contributed by atoms with Crippen LogP contribution in [0, 0.1) is 0 Å². The summed E-state index contributed by atoms with van der Waals surface area (Å²) >= 11 is 0. The molecule has 1 aliphatic rings. The standard InChI is InChI=1S/C14H19N3O3/c15-13(18)9-20-11-6-4-10(5-7-11)17-14(19)12-3-1-2-8-16-12/h4-7,12,16H,1-3,8-9H2,(H2,15,18)(H,17,19)/t12-/m0/s1. The summed E-state index contributed by atoms with van der Waals surface area (Å²) in [5.41, 5.74) is 5.69. The van der Waals surface area contributed by atoms with Crippen LogP contribution in [0.15, 0.2) is 24.3 Å². The Hall–Kier alpha value is -2.08. The van der Waals surface area contributed by atoms with Gasteiger partial charge >= 0.3 is 0 Å². The minimum absolute atomic E-state index is 0.0181. The van der Waals surface area contributed by atoms with Gasteiger partial charge in [0.25, 0.3) is 5.91 Å². The molecule has 2 rings (SSSR count). The lowest BCUT2D eigenvalue weighted by Gasteiger charge is -2.22. The summed E-state index contributed by atoms with van der Waals surface area (Å²) < 4.78 is 5.14. The molecule has 2 amide bonds. The molecule has 1 heterocycles. The van der Waals surface area contributed by atoms with E-state index in [0.717, 1.165) is 25.8 Å². The molecular formula is C14H19N3O3. The minimum Gasteiger partial charge on any atom is -0.484 e. The molecule has 1 aliphatic heterocycles. The van der Waals surface area contributed by atoms with E-state index in [4.69, 9.17) is 10.5 Å². The molecule has 4 N–H and O–H groups in total. The van der Waals surface area contributed by atoms with Crippen molar-refractivity contribution < 1.29 is 14.3 Å². The molecule has 108 valence electrons. The largest absolute Gasteiger partial charge is 0.484 e. The summed E-state index contributed by atoms with van der Waals surface area (Å²) in [4.78, 5) is 22.6. The molecule has 0 radical (unpaired) electrons. The SMILES string of the molecule is NC(=O)COc1ccc(NC(=O)[C@@H]2CCCCN2)cc1. The third kappa shape index (κ3) is 4.24. The van der Waals surface area contributed by atoms with Crippen LogP contribution in [0.4, 0.5) is 5.69 Å². The molecule has 0 spiro atoms. The minimum atomic E-state index is -0.522. The topological polar surface area (TPSA) is 93.5 Å². The van der Waals surface area contributed by atoms with E-state index in [-0.39, 0.29) is 18.6 Å². The van der Waals surface area contributed by atoms with Crippen molar-refractivity contribution in [3.8, 4) is 5.75 Å². The first-order chi connectivity index (χ1) is 9.65. The van der Waals surface area contributed by atoms with E-state index in [2.05, 4.69) is 10.6 Å². The van der Waals surface area contributed by atoms with Gasteiger partial charge in [-0.05, 0) is 43.7 Å². The highest BCUT2D eigenvalue weighted by atomic mass is 16.5. The van der Waals surface area contributed by atoms with Crippen LogP contribution in [0.25, 0.3) is 0 Å². The summed E-state index contributed by atoms with van der Waals surface area (Å²) in [6.07, 6.45) is 3.06. The average Bonchev–Trinajstić information content (AvgIpc) is 2.47. The maximum Gasteiger partial charge on any atom is 0.255 e. The van der Waals surface area contributed by atoms with Crippen molar-refractivity contribution >= 4 is 17.5 Å².